The van der Waals surface area contributed by atoms with Gasteiger partial charge in [-0.1, -0.05) is 56.2 Å². The molecule has 0 saturated carbocycles. The minimum absolute atomic E-state index is 0.0499. The van der Waals surface area contributed by atoms with Gasteiger partial charge in [-0.15, -0.1) is 0 Å². The first-order chi connectivity index (χ1) is 12.7. The summed E-state index contributed by atoms with van der Waals surface area (Å²) in [6.07, 6.45) is 3.58. The van der Waals surface area contributed by atoms with Gasteiger partial charge in [0.1, 0.15) is 5.82 Å². The van der Waals surface area contributed by atoms with E-state index in [0.717, 1.165) is 36.3 Å². The van der Waals surface area contributed by atoms with Crippen molar-refractivity contribution in [3.05, 3.63) is 59.4 Å². The third-order valence-corrected chi connectivity index (χ3v) is 4.88. The van der Waals surface area contributed by atoms with Crippen molar-refractivity contribution in [3.63, 3.8) is 0 Å². The highest BCUT2D eigenvalue weighted by Crippen LogP contribution is 2.29. The molecule has 2 aromatic rings. The second-order valence-electron chi connectivity index (χ2n) is 6.91. The van der Waals surface area contributed by atoms with Crippen molar-refractivity contribution in [2.45, 2.75) is 38.9 Å². The Bertz CT molecular complexity index is 691. The van der Waals surface area contributed by atoms with Crippen LogP contribution < -0.4 is 0 Å². The number of halogens is 1. The number of hydrogen-bond donors (Lipinski definition) is 1. The Morgan fingerprint density at radius 1 is 1.04 bits per heavy atom. The molecule has 0 radical (unpaired) electrons. The predicted octanol–water partition coefficient (Wildman–Crippen LogP) is 4.88. The van der Waals surface area contributed by atoms with Crippen LogP contribution in [0.25, 0.3) is 11.1 Å². The molecule has 0 unspecified atom stereocenters. The van der Waals surface area contributed by atoms with Gasteiger partial charge in [0.25, 0.3) is 0 Å². The summed E-state index contributed by atoms with van der Waals surface area (Å²) in [7, 11) is 0. The average Bonchev–Trinajstić information content (AvgIpc) is 2.69. The van der Waals surface area contributed by atoms with Gasteiger partial charge in [-0.3, -0.25) is 0 Å². The standard InChI is InChI=1S/C22H27FO3/c1-2-3-4-16-14-25-22(26-15-16)19-8-5-17(6-9-19)20-10-7-18(11-12-24)21(23)13-20/h5-10,13,16,22,24H,2-4,11-12,14-15H2,1H3. The van der Waals surface area contributed by atoms with Crippen molar-refractivity contribution >= 4 is 0 Å². The highest BCUT2D eigenvalue weighted by molar-refractivity contribution is 5.64. The lowest BCUT2D eigenvalue weighted by Crippen LogP contribution is -2.27. The third kappa shape index (κ3) is 4.70. The minimum atomic E-state index is -0.314. The van der Waals surface area contributed by atoms with Crippen molar-refractivity contribution < 1.29 is 19.0 Å². The van der Waals surface area contributed by atoms with E-state index < -0.39 is 0 Å². The second kappa shape index (κ2) is 9.26. The molecule has 1 heterocycles. The zero-order valence-electron chi connectivity index (χ0n) is 15.3. The predicted molar refractivity (Wildman–Crippen MR) is 100 cm³/mol. The van der Waals surface area contributed by atoms with Crippen LogP contribution in [0, 0.1) is 11.7 Å². The van der Waals surface area contributed by atoms with E-state index in [2.05, 4.69) is 6.92 Å². The molecule has 1 aliphatic rings. The SMILES string of the molecule is CCCCC1COC(c2ccc(-c3ccc(CCO)c(F)c3)cc2)OC1. The van der Waals surface area contributed by atoms with Gasteiger partial charge in [-0.2, -0.15) is 0 Å². The zero-order chi connectivity index (χ0) is 18.4. The van der Waals surface area contributed by atoms with Crippen LogP contribution in [-0.2, 0) is 15.9 Å². The van der Waals surface area contributed by atoms with Crippen LogP contribution in [-0.4, -0.2) is 24.9 Å². The van der Waals surface area contributed by atoms with Gasteiger partial charge >= 0.3 is 0 Å². The van der Waals surface area contributed by atoms with Crippen molar-refractivity contribution in [1.29, 1.82) is 0 Å². The number of benzene rings is 2. The summed E-state index contributed by atoms with van der Waals surface area (Å²) < 4.78 is 25.8. The van der Waals surface area contributed by atoms with E-state index in [-0.39, 0.29) is 18.7 Å². The molecule has 2 aromatic carbocycles. The van der Waals surface area contributed by atoms with Crippen LogP contribution in [0.5, 0.6) is 0 Å². The first-order valence-electron chi connectivity index (χ1n) is 9.44. The zero-order valence-corrected chi connectivity index (χ0v) is 15.3. The maximum atomic E-state index is 14.1. The molecule has 0 amide bonds. The lowest BCUT2D eigenvalue weighted by molar-refractivity contribution is -0.206. The highest BCUT2D eigenvalue weighted by atomic mass is 19.1. The molecule has 1 aliphatic heterocycles. The lowest BCUT2D eigenvalue weighted by atomic mass is 10.0. The normalized spacial score (nSPS) is 20.3. The minimum Gasteiger partial charge on any atom is -0.396 e. The Balaban J connectivity index is 1.63. The molecule has 26 heavy (non-hydrogen) atoms. The molecule has 0 aliphatic carbocycles. The summed E-state index contributed by atoms with van der Waals surface area (Å²) in [5.41, 5.74) is 3.29. The molecule has 3 rings (SSSR count). The topological polar surface area (TPSA) is 38.7 Å². The Labute approximate surface area is 154 Å². The van der Waals surface area contributed by atoms with E-state index in [1.165, 1.54) is 18.9 Å². The molecule has 0 aromatic heterocycles. The van der Waals surface area contributed by atoms with Crippen LogP contribution in [0.2, 0.25) is 0 Å². The van der Waals surface area contributed by atoms with Gasteiger partial charge in [0, 0.05) is 18.1 Å². The molecule has 1 saturated heterocycles. The van der Waals surface area contributed by atoms with Crippen LogP contribution in [0.1, 0.15) is 43.6 Å². The average molecular weight is 358 g/mol. The Kier molecular flexibility index (Phi) is 6.78. The fourth-order valence-electron chi connectivity index (χ4n) is 3.28. The molecule has 4 heteroatoms. The quantitative estimate of drug-likeness (QED) is 0.767. The van der Waals surface area contributed by atoms with Crippen molar-refractivity contribution in [2.75, 3.05) is 19.8 Å². The molecule has 1 fully saturated rings. The fourth-order valence-corrected chi connectivity index (χ4v) is 3.28. The smallest absolute Gasteiger partial charge is 0.183 e. The van der Waals surface area contributed by atoms with Gasteiger partial charge < -0.3 is 14.6 Å². The summed E-state index contributed by atoms with van der Waals surface area (Å²) in [5.74, 6) is 0.212. The van der Waals surface area contributed by atoms with Crippen molar-refractivity contribution in [1.82, 2.24) is 0 Å². The van der Waals surface area contributed by atoms with Gasteiger partial charge in [0.05, 0.1) is 13.2 Å². The first-order valence-corrected chi connectivity index (χ1v) is 9.44. The van der Waals surface area contributed by atoms with Gasteiger partial charge in [-0.05, 0) is 35.6 Å². The van der Waals surface area contributed by atoms with E-state index in [1.807, 2.05) is 30.3 Å². The Morgan fingerprint density at radius 3 is 2.35 bits per heavy atom. The highest BCUT2D eigenvalue weighted by Gasteiger charge is 2.23. The Hall–Kier alpha value is -1.75. The van der Waals surface area contributed by atoms with E-state index in [0.29, 0.717) is 17.9 Å². The third-order valence-electron chi connectivity index (χ3n) is 4.88. The number of aliphatic hydroxyl groups excluding tert-OH is 1. The maximum absolute atomic E-state index is 14.1. The molecular formula is C22H27FO3. The molecule has 0 spiro atoms. The molecule has 0 bridgehead atoms. The van der Waals surface area contributed by atoms with Crippen LogP contribution >= 0.6 is 0 Å². The number of aliphatic hydroxyl groups is 1. The number of unbranched alkanes of at least 4 members (excludes halogenated alkanes) is 1. The van der Waals surface area contributed by atoms with Gasteiger partial charge in [0.15, 0.2) is 6.29 Å². The number of hydrogen-bond acceptors (Lipinski definition) is 3. The van der Waals surface area contributed by atoms with E-state index in [4.69, 9.17) is 14.6 Å². The summed E-state index contributed by atoms with van der Waals surface area (Å²) >= 11 is 0. The molecule has 0 atom stereocenters. The molecule has 1 N–H and O–H groups in total. The molecule has 140 valence electrons. The van der Waals surface area contributed by atoms with Crippen molar-refractivity contribution in [2.24, 2.45) is 5.92 Å². The first kappa shape index (κ1) is 19.0. The monoisotopic (exact) mass is 358 g/mol. The van der Waals surface area contributed by atoms with E-state index in [1.54, 1.807) is 6.07 Å². The molecule has 3 nitrogen and oxygen atoms in total. The van der Waals surface area contributed by atoms with Crippen LogP contribution in [0.4, 0.5) is 4.39 Å². The van der Waals surface area contributed by atoms with Crippen LogP contribution in [0.15, 0.2) is 42.5 Å². The number of ether oxygens (including phenoxy) is 2. The number of rotatable bonds is 7. The second-order valence-corrected chi connectivity index (χ2v) is 6.91. The summed E-state index contributed by atoms with van der Waals surface area (Å²) in [5, 5.41) is 8.95. The largest absolute Gasteiger partial charge is 0.396 e. The maximum Gasteiger partial charge on any atom is 0.183 e. The van der Waals surface area contributed by atoms with Gasteiger partial charge in [0.2, 0.25) is 0 Å². The van der Waals surface area contributed by atoms with E-state index in [9.17, 15) is 4.39 Å². The fraction of sp³-hybridized carbons (Fsp3) is 0.455. The van der Waals surface area contributed by atoms with Crippen molar-refractivity contribution in [3.8, 4) is 11.1 Å². The summed E-state index contributed by atoms with van der Waals surface area (Å²) in [6.45, 7) is 3.63. The van der Waals surface area contributed by atoms with Gasteiger partial charge in [-0.25, -0.2) is 4.39 Å². The van der Waals surface area contributed by atoms with E-state index >= 15 is 0 Å². The Morgan fingerprint density at radius 2 is 1.73 bits per heavy atom. The summed E-state index contributed by atoms with van der Waals surface area (Å²) in [4.78, 5) is 0. The summed E-state index contributed by atoms with van der Waals surface area (Å²) in [6, 6.07) is 13.0. The van der Waals surface area contributed by atoms with Crippen LogP contribution in [0.3, 0.4) is 0 Å². The lowest BCUT2D eigenvalue weighted by Gasteiger charge is -2.29. The molecular weight excluding hydrogens is 331 g/mol.